The number of rotatable bonds is 7. The smallest absolute Gasteiger partial charge is 0.207 e. The molecule has 4 heterocycles. The van der Waals surface area contributed by atoms with E-state index in [1.54, 1.807) is 17.3 Å². The van der Waals surface area contributed by atoms with Gasteiger partial charge in [0.15, 0.2) is 0 Å². The number of carbonyl (C=O) groups excluding carboxylic acids is 1. The van der Waals surface area contributed by atoms with Crippen molar-refractivity contribution in [3.05, 3.63) is 35.9 Å². The first-order valence-electron chi connectivity index (χ1n) is 9.67. The van der Waals surface area contributed by atoms with Crippen LogP contribution in [-0.4, -0.2) is 59.2 Å². The van der Waals surface area contributed by atoms with Gasteiger partial charge in [0.1, 0.15) is 17.5 Å². The van der Waals surface area contributed by atoms with Crippen molar-refractivity contribution in [2.24, 2.45) is 10.1 Å². The quantitative estimate of drug-likeness (QED) is 0.415. The largest absolute Gasteiger partial charge is 0.370 e. The third-order valence-corrected chi connectivity index (χ3v) is 5.01. The number of anilines is 1. The van der Waals surface area contributed by atoms with Gasteiger partial charge in [-0.2, -0.15) is 5.10 Å². The summed E-state index contributed by atoms with van der Waals surface area (Å²) in [5.41, 5.74) is 0.817. The van der Waals surface area contributed by atoms with Crippen LogP contribution >= 0.6 is 0 Å². The zero-order valence-electron chi connectivity index (χ0n) is 15.9. The van der Waals surface area contributed by atoms with Crippen LogP contribution in [0.4, 0.5) is 10.2 Å². The number of hydrogen-bond acceptors (Lipinski definition) is 7. The van der Waals surface area contributed by atoms with E-state index in [2.05, 4.69) is 37.5 Å². The van der Waals surface area contributed by atoms with Crippen LogP contribution in [0.1, 0.15) is 30.9 Å². The number of amides is 1. The summed E-state index contributed by atoms with van der Waals surface area (Å²) in [6.07, 6.45) is 9.54. The molecule has 150 valence electrons. The number of aromatic nitrogens is 1. The third kappa shape index (κ3) is 4.21. The Kier molecular flexibility index (Phi) is 5.70. The van der Waals surface area contributed by atoms with E-state index in [4.69, 9.17) is 4.99 Å². The second-order valence-corrected chi connectivity index (χ2v) is 6.89. The number of carbonyl (C=O) groups is 1. The van der Waals surface area contributed by atoms with Crippen molar-refractivity contribution in [1.82, 2.24) is 20.2 Å². The van der Waals surface area contributed by atoms with Crippen molar-refractivity contribution < 1.29 is 9.18 Å². The summed E-state index contributed by atoms with van der Waals surface area (Å²) in [6, 6.07) is 1.52. The van der Waals surface area contributed by atoms with E-state index < -0.39 is 0 Å². The van der Waals surface area contributed by atoms with Crippen molar-refractivity contribution in [2.45, 2.75) is 31.5 Å². The maximum atomic E-state index is 14.0. The van der Waals surface area contributed by atoms with E-state index in [-0.39, 0.29) is 18.0 Å². The summed E-state index contributed by atoms with van der Waals surface area (Å²) in [6.45, 7) is 2.03. The molecule has 0 spiro atoms. The van der Waals surface area contributed by atoms with Crippen molar-refractivity contribution >= 4 is 24.3 Å². The maximum Gasteiger partial charge on any atom is 0.207 e. The van der Waals surface area contributed by atoms with E-state index >= 15 is 0 Å². The second-order valence-electron chi connectivity index (χ2n) is 6.89. The Labute approximate surface area is 168 Å². The van der Waals surface area contributed by atoms with E-state index in [1.807, 2.05) is 12.3 Å². The third-order valence-electron chi connectivity index (χ3n) is 5.01. The molecular weight excluding hydrogens is 373 g/mol. The molecule has 9 heteroatoms. The van der Waals surface area contributed by atoms with E-state index in [0.29, 0.717) is 25.3 Å². The van der Waals surface area contributed by atoms with Gasteiger partial charge in [0.05, 0.1) is 18.5 Å². The molecule has 0 aliphatic carbocycles. The molecule has 0 saturated carbocycles. The molecule has 3 aliphatic rings. The van der Waals surface area contributed by atoms with Crippen molar-refractivity contribution in [1.29, 1.82) is 0 Å². The molecule has 29 heavy (non-hydrogen) atoms. The van der Waals surface area contributed by atoms with Gasteiger partial charge in [-0.3, -0.25) is 4.79 Å². The Hall–Kier alpha value is -3.41. The molecule has 1 fully saturated rings. The number of nitrogens with zero attached hydrogens (tertiary/aromatic N) is 5. The first-order valence-corrected chi connectivity index (χ1v) is 9.67. The predicted octanol–water partition coefficient (Wildman–Crippen LogP) is 1.46. The maximum absolute atomic E-state index is 14.0. The van der Waals surface area contributed by atoms with Gasteiger partial charge in [0, 0.05) is 31.4 Å². The van der Waals surface area contributed by atoms with Gasteiger partial charge in [-0.1, -0.05) is 0 Å². The standard InChI is InChI=1S/C20H22FN7O/c21-15-12-16(20(24-13-15)23-8-3-7-22-14-29)17-4-2-10-27(17)18-6-11-28-19(26-18)5-1-9-25-28/h6,9,11-14,17,19H,2-4,7-8,10H2,(H,22,29)(H,23,24)/t17-,19?/m1/s1. The molecule has 2 atom stereocenters. The van der Waals surface area contributed by atoms with Gasteiger partial charge in [0.2, 0.25) is 12.6 Å². The summed E-state index contributed by atoms with van der Waals surface area (Å²) in [4.78, 5) is 21.5. The second kappa shape index (κ2) is 8.73. The molecule has 1 aromatic rings. The van der Waals surface area contributed by atoms with E-state index in [9.17, 15) is 9.18 Å². The van der Waals surface area contributed by atoms with Gasteiger partial charge >= 0.3 is 0 Å². The Morgan fingerprint density at radius 3 is 3.21 bits per heavy atom. The number of fused-ring (bicyclic) bond motifs is 1. The molecule has 1 aromatic heterocycles. The fourth-order valence-electron chi connectivity index (χ4n) is 3.71. The molecule has 3 aliphatic heterocycles. The molecule has 1 amide bonds. The lowest BCUT2D eigenvalue weighted by Gasteiger charge is -2.32. The van der Waals surface area contributed by atoms with Gasteiger partial charge in [-0.15, -0.1) is 0 Å². The van der Waals surface area contributed by atoms with Crippen LogP contribution in [0.3, 0.4) is 0 Å². The van der Waals surface area contributed by atoms with Crippen molar-refractivity contribution in [2.75, 3.05) is 25.0 Å². The number of nitrogens with one attached hydrogen (secondary N) is 2. The molecule has 1 saturated heterocycles. The average Bonchev–Trinajstić information content (AvgIpc) is 3.24. The topological polar surface area (TPSA) is 85.2 Å². The molecule has 2 N–H and O–H groups in total. The SMILES string of the molecule is O=CNCCCNc1ncc(F)cc1[C@H]1CCCN1C1=NC2C#CC=NN2C=C1. The Bertz CT molecular complexity index is 917. The van der Waals surface area contributed by atoms with Crippen LogP contribution in [0, 0.1) is 17.7 Å². The van der Waals surface area contributed by atoms with Crippen LogP contribution in [0.5, 0.6) is 0 Å². The summed E-state index contributed by atoms with van der Waals surface area (Å²) < 4.78 is 14.0. The Morgan fingerprint density at radius 1 is 1.38 bits per heavy atom. The van der Waals surface area contributed by atoms with Crippen LogP contribution < -0.4 is 10.6 Å². The zero-order valence-corrected chi connectivity index (χ0v) is 15.9. The lowest BCUT2D eigenvalue weighted by atomic mass is 10.0. The van der Waals surface area contributed by atoms with Crippen LogP contribution in [-0.2, 0) is 4.79 Å². The highest BCUT2D eigenvalue weighted by Crippen LogP contribution is 2.36. The highest BCUT2D eigenvalue weighted by Gasteiger charge is 2.32. The number of hydrazone groups is 1. The number of pyridine rings is 1. The number of hydrogen-bond donors (Lipinski definition) is 2. The molecule has 0 aromatic carbocycles. The molecule has 8 nitrogen and oxygen atoms in total. The zero-order chi connectivity index (χ0) is 20.1. The fourth-order valence-corrected chi connectivity index (χ4v) is 3.71. The predicted molar refractivity (Wildman–Crippen MR) is 109 cm³/mol. The highest BCUT2D eigenvalue weighted by molar-refractivity contribution is 5.94. The minimum absolute atomic E-state index is 0.0243. The van der Waals surface area contributed by atoms with E-state index in [1.165, 1.54) is 6.20 Å². The van der Waals surface area contributed by atoms with Gasteiger partial charge in [0.25, 0.3) is 0 Å². The first kappa shape index (κ1) is 18.9. The normalized spacial score (nSPS) is 21.9. The van der Waals surface area contributed by atoms with Crippen molar-refractivity contribution in [3.63, 3.8) is 0 Å². The van der Waals surface area contributed by atoms with Gasteiger partial charge in [-0.25, -0.2) is 19.4 Å². The molecular formula is C20H22FN7O. The lowest BCUT2D eigenvalue weighted by Crippen LogP contribution is -2.37. The van der Waals surface area contributed by atoms with Crippen LogP contribution in [0.2, 0.25) is 0 Å². The minimum atomic E-state index is -0.361. The summed E-state index contributed by atoms with van der Waals surface area (Å²) in [5.74, 6) is 7.02. The summed E-state index contributed by atoms with van der Waals surface area (Å²) in [7, 11) is 0. The highest BCUT2D eigenvalue weighted by atomic mass is 19.1. The molecule has 0 radical (unpaired) electrons. The van der Waals surface area contributed by atoms with Crippen molar-refractivity contribution in [3.8, 4) is 11.8 Å². The minimum Gasteiger partial charge on any atom is -0.370 e. The monoisotopic (exact) mass is 395 g/mol. The fraction of sp³-hybridized carbons (Fsp3) is 0.400. The number of likely N-dealkylation sites (tertiary alicyclic amines) is 1. The van der Waals surface area contributed by atoms with Crippen LogP contribution in [0.15, 0.2) is 34.6 Å². The van der Waals surface area contributed by atoms with E-state index in [0.717, 1.165) is 37.2 Å². The first-order chi connectivity index (χ1) is 14.3. The number of halogens is 1. The summed E-state index contributed by atoms with van der Waals surface area (Å²) >= 11 is 0. The molecule has 1 unspecified atom stereocenters. The summed E-state index contributed by atoms with van der Waals surface area (Å²) in [5, 5.41) is 11.8. The number of amidine groups is 1. The van der Waals surface area contributed by atoms with Gasteiger partial charge < -0.3 is 15.5 Å². The Balaban J connectivity index is 1.53. The van der Waals surface area contributed by atoms with Gasteiger partial charge in [-0.05, 0) is 43.2 Å². The molecule has 4 rings (SSSR count). The van der Waals surface area contributed by atoms with Crippen LogP contribution in [0.25, 0.3) is 0 Å². The Morgan fingerprint density at radius 2 is 2.31 bits per heavy atom. The average molecular weight is 395 g/mol. The number of aliphatic imine (C=N–C) groups is 1. The lowest BCUT2D eigenvalue weighted by molar-refractivity contribution is -0.109. The molecule has 0 bridgehead atoms.